The van der Waals surface area contributed by atoms with Gasteiger partial charge in [0.05, 0.1) is 11.8 Å². The normalized spacial score (nSPS) is 30.3. The highest BCUT2D eigenvalue weighted by Gasteiger charge is 2.50. The Hall–Kier alpha value is -0.630. The molecule has 1 saturated heterocycles. The van der Waals surface area contributed by atoms with Gasteiger partial charge in [-0.05, 0) is 46.1 Å². The highest BCUT2D eigenvalue weighted by Crippen LogP contribution is 2.63. The van der Waals surface area contributed by atoms with Gasteiger partial charge in [0.1, 0.15) is 0 Å². The van der Waals surface area contributed by atoms with Crippen LogP contribution in [0.15, 0.2) is 30.3 Å². The van der Waals surface area contributed by atoms with Crippen molar-refractivity contribution in [1.82, 2.24) is 4.67 Å². The van der Waals surface area contributed by atoms with E-state index in [4.69, 9.17) is 4.52 Å². The van der Waals surface area contributed by atoms with Crippen molar-refractivity contribution < 1.29 is 9.09 Å². The van der Waals surface area contributed by atoms with Crippen molar-refractivity contribution in [2.24, 2.45) is 5.92 Å². The van der Waals surface area contributed by atoms with Gasteiger partial charge in [-0.25, -0.2) is 4.67 Å². The van der Waals surface area contributed by atoms with Gasteiger partial charge in [0.25, 0.3) is 7.52 Å². The maximum Gasteiger partial charge on any atom is 0.277 e. The van der Waals surface area contributed by atoms with Crippen LogP contribution in [0.4, 0.5) is 0 Å². The summed E-state index contributed by atoms with van der Waals surface area (Å²) in [6, 6.07) is 10.00. The van der Waals surface area contributed by atoms with Crippen molar-refractivity contribution in [2.45, 2.75) is 58.8 Å². The maximum atomic E-state index is 13.6. The van der Waals surface area contributed by atoms with Crippen LogP contribution in [0.25, 0.3) is 0 Å². The molecule has 0 aliphatic carbocycles. The summed E-state index contributed by atoms with van der Waals surface area (Å²) < 4.78 is 21.9. The third-order valence-electron chi connectivity index (χ3n) is 4.38. The Morgan fingerprint density at radius 3 is 2.38 bits per heavy atom. The molecule has 3 nitrogen and oxygen atoms in total. The van der Waals surface area contributed by atoms with E-state index in [-0.39, 0.29) is 11.1 Å². The minimum absolute atomic E-state index is 0.172. The van der Waals surface area contributed by atoms with Crippen LogP contribution in [0.3, 0.4) is 0 Å². The Morgan fingerprint density at radius 1 is 1.29 bits per heavy atom. The van der Waals surface area contributed by atoms with E-state index in [2.05, 4.69) is 46.2 Å². The van der Waals surface area contributed by atoms with E-state index >= 15 is 0 Å². The van der Waals surface area contributed by atoms with Gasteiger partial charge in [-0.15, -0.1) is 0 Å². The second-order valence-corrected chi connectivity index (χ2v) is 9.89. The molecule has 0 aromatic heterocycles. The second-order valence-electron chi connectivity index (χ2n) is 7.63. The lowest BCUT2D eigenvalue weighted by Gasteiger charge is -2.51. The molecule has 21 heavy (non-hydrogen) atoms. The zero-order valence-electron chi connectivity index (χ0n) is 14.1. The Balaban J connectivity index is 2.37. The Kier molecular flexibility index (Phi) is 4.41. The molecule has 0 amide bonds. The molecule has 0 N–H and O–H groups in total. The molecule has 0 bridgehead atoms. The van der Waals surface area contributed by atoms with Crippen molar-refractivity contribution in [1.29, 1.82) is 0 Å². The molecule has 1 aromatic carbocycles. The molecule has 0 unspecified atom stereocenters. The fourth-order valence-electron chi connectivity index (χ4n) is 2.77. The van der Waals surface area contributed by atoms with Gasteiger partial charge < -0.3 is 4.52 Å². The van der Waals surface area contributed by atoms with Gasteiger partial charge >= 0.3 is 0 Å². The van der Waals surface area contributed by atoms with Gasteiger partial charge in [-0.1, -0.05) is 37.3 Å². The van der Waals surface area contributed by atoms with Crippen molar-refractivity contribution in [3.05, 3.63) is 35.9 Å². The molecular weight excluding hydrogens is 281 g/mol. The van der Waals surface area contributed by atoms with Crippen molar-refractivity contribution in [3.63, 3.8) is 0 Å². The average molecular weight is 309 g/mol. The van der Waals surface area contributed by atoms with E-state index in [0.717, 1.165) is 12.1 Å². The number of hydrogen-bond donors (Lipinski definition) is 0. The molecule has 2 rings (SSSR count). The van der Waals surface area contributed by atoms with Crippen molar-refractivity contribution in [2.75, 3.05) is 6.54 Å². The molecule has 1 aromatic rings. The van der Waals surface area contributed by atoms with Crippen LogP contribution in [-0.2, 0) is 15.3 Å². The van der Waals surface area contributed by atoms with Gasteiger partial charge in [-0.2, -0.15) is 0 Å². The summed E-state index contributed by atoms with van der Waals surface area (Å²) in [5.74, 6) is 0.342. The van der Waals surface area contributed by atoms with Gasteiger partial charge in [0.15, 0.2) is 0 Å². The minimum atomic E-state index is -2.89. The molecule has 1 aliphatic rings. The first-order valence-electron chi connectivity index (χ1n) is 7.66. The van der Waals surface area contributed by atoms with Crippen LogP contribution >= 0.6 is 7.52 Å². The quantitative estimate of drug-likeness (QED) is 0.726. The first kappa shape index (κ1) is 16.7. The van der Waals surface area contributed by atoms with Crippen molar-refractivity contribution in [3.8, 4) is 0 Å². The fourth-order valence-corrected chi connectivity index (χ4v) is 6.10. The minimum Gasteiger partial charge on any atom is -0.311 e. The number of rotatable bonds is 2. The molecule has 4 heteroatoms. The zero-order chi connectivity index (χ0) is 15.9. The molecule has 0 spiro atoms. The number of nitrogens with zero attached hydrogens (tertiary/aromatic N) is 1. The summed E-state index contributed by atoms with van der Waals surface area (Å²) in [5, 5.41) is 0. The number of benzene rings is 1. The molecular formula is C17H28NO2P. The topological polar surface area (TPSA) is 29.5 Å². The SMILES string of the molecule is C[C@H]1CN(C(C)(C)C)[P@@](=O)(Cc2ccccc2)OC1(C)C. The predicted molar refractivity (Wildman–Crippen MR) is 88.5 cm³/mol. The smallest absolute Gasteiger partial charge is 0.277 e. The Morgan fingerprint density at radius 2 is 1.86 bits per heavy atom. The predicted octanol–water partition coefficient (Wildman–Crippen LogP) is 4.93. The molecule has 118 valence electrons. The van der Waals surface area contributed by atoms with Crippen LogP contribution in [0.5, 0.6) is 0 Å². The summed E-state index contributed by atoms with van der Waals surface area (Å²) in [6.07, 6.45) is 0.473. The van der Waals surface area contributed by atoms with E-state index in [1.54, 1.807) is 0 Å². The van der Waals surface area contributed by atoms with E-state index in [1.165, 1.54) is 0 Å². The summed E-state index contributed by atoms with van der Waals surface area (Å²) in [5.41, 5.74) is 0.543. The van der Waals surface area contributed by atoms with Gasteiger partial charge in [0.2, 0.25) is 0 Å². The lowest BCUT2D eigenvalue weighted by atomic mass is 9.92. The van der Waals surface area contributed by atoms with Crippen molar-refractivity contribution >= 4 is 7.52 Å². The van der Waals surface area contributed by atoms with E-state index in [1.807, 2.05) is 30.3 Å². The van der Waals surface area contributed by atoms with Crippen LogP contribution in [0.2, 0.25) is 0 Å². The Bertz CT molecular complexity index is 533. The standard InChI is InChI=1S/C17H28NO2P/c1-14-12-18(16(2,3)4)21(19,20-17(14,5)6)13-15-10-8-7-9-11-15/h7-11,14H,12-13H2,1-6H3/t14-,21+/m0/s1. The highest BCUT2D eigenvalue weighted by molar-refractivity contribution is 7.55. The summed E-state index contributed by atoms with van der Waals surface area (Å²) in [6.45, 7) is 13.4. The number of hydrogen-bond acceptors (Lipinski definition) is 2. The fraction of sp³-hybridized carbons (Fsp3) is 0.647. The van der Waals surface area contributed by atoms with E-state index in [0.29, 0.717) is 12.1 Å². The first-order valence-corrected chi connectivity index (χ1v) is 9.43. The van der Waals surface area contributed by atoms with E-state index in [9.17, 15) is 4.57 Å². The van der Waals surface area contributed by atoms with Gasteiger partial charge in [0, 0.05) is 12.1 Å². The summed E-state index contributed by atoms with van der Waals surface area (Å²) in [7, 11) is -2.89. The largest absolute Gasteiger partial charge is 0.311 e. The van der Waals surface area contributed by atoms with Crippen LogP contribution in [0.1, 0.15) is 47.1 Å². The van der Waals surface area contributed by atoms with Crippen LogP contribution in [-0.4, -0.2) is 22.4 Å². The molecule has 0 radical (unpaired) electrons. The lowest BCUT2D eigenvalue weighted by Crippen LogP contribution is -2.52. The zero-order valence-corrected chi connectivity index (χ0v) is 15.0. The monoisotopic (exact) mass is 309 g/mol. The first-order chi connectivity index (χ1) is 9.55. The third kappa shape index (κ3) is 3.59. The van der Waals surface area contributed by atoms with Gasteiger partial charge in [-0.3, -0.25) is 4.57 Å². The second kappa shape index (κ2) is 5.53. The summed E-state index contributed by atoms with van der Waals surface area (Å²) in [4.78, 5) is 0. The molecule has 1 fully saturated rings. The molecule has 0 saturated carbocycles. The van der Waals surface area contributed by atoms with E-state index < -0.39 is 7.52 Å². The molecule has 1 heterocycles. The van der Waals surface area contributed by atoms with Crippen LogP contribution < -0.4 is 0 Å². The summed E-state index contributed by atoms with van der Waals surface area (Å²) >= 11 is 0. The van der Waals surface area contributed by atoms with Crippen LogP contribution in [0, 0.1) is 5.92 Å². The molecule has 2 atom stereocenters. The third-order valence-corrected chi connectivity index (χ3v) is 7.40. The average Bonchev–Trinajstić information content (AvgIpc) is 2.33. The lowest BCUT2D eigenvalue weighted by molar-refractivity contribution is -0.0139. The highest BCUT2D eigenvalue weighted by atomic mass is 31.2. The molecule has 1 aliphatic heterocycles. The maximum absolute atomic E-state index is 13.6. The Labute approximate surface area is 129 Å².